The van der Waals surface area contributed by atoms with E-state index >= 15 is 0 Å². The first-order valence-corrected chi connectivity index (χ1v) is 4.15. The molecule has 0 fully saturated rings. The van der Waals surface area contributed by atoms with Crippen LogP contribution in [0.15, 0.2) is 0 Å². The molecule has 2 atom stereocenters. The van der Waals surface area contributed by atoms with Gasteiger partial charge in [0.05, 0.1) is 12.3 Å². The molecule has 2 unspecified atom stereocenters. The van der Waals surface area contributed by atoms with Gasteiger partial charge in [0, 0.05) is 0 Å². The van der Waals surface area contributed by atoms with Crippen LogP contribution in [0, 0.1) is 0 Å². The van der Waals surface area contributed by atoms with Crippen LogP contribution in [0.1, 0.15) is 33.1 Å². The Morgan fingerprint density at radius 1 is 1.45 bits per heavy atom. The van der Waals surface area contributed by atoms with E-state index in [1.54, 1.807) is 0 Å². The molecule has 0 saturated heterocycles. The second kappa shape index (κ2) is 6.54. The lowest BCUT2D eigenvalue weighted by atomic mass is 10.2. The van der Waals surface area contributed by atoms with Crippen LogP contribution < -0.4 is 16.5 Å². The fourth-order valence-corrected chi connectivity index (χ4v) is 0.850. The Hall–Kier alpha value is -0.160. The van der Waals surface area contributed by atoms with E-state index < -0.39 is 0 Å². The third kappa shape index (κ3) is 5.15. The molecule has 11 heavy (non-hydrogen) atoms. The van der Waals surface area contributed by atoms with Crippen molar-refractivity contribution in [1.82, 2.24) is 10.8 Å². The molecule has 0 aromatic carbocycles. The molecule has 4 heteroatoms. The van der Waals surface area contributed by atoms with Gasteiger partial charge in [-0.15, -0.1) is 0 Å². The minimum Gasteiger partial charge on any atom is -0.316 e. The largest absolute Gasteiger partial charge is 0.316 e. The van der Waals surface area contributed by atoms with Crippen molar-refractivity contribution in [1.29, 1.82) is 0 Å². The molecule has 0 aromatic rings. The van der Waals surface area contributed by atoms with Gasteiger partial charge >= 0.3 is 0 Å². The van der Waals surface area contributed by atoms with Crippen molar-refractivity contribution in [2.24, 2.45) is 5.73 Å². The average molecular weight is 161 g/mol. The molecule has 0 bridgehead atoms. The maximum absolute atomic E-state index is 8.63. The third-order valence-corrected chi connectivity index (χ3v) is 1.59. The number of rotatable bonds is 6. The Balaban J connectivity index is 3.49. The maximum Gasteiger partial charge on any atom is 0.0821 e. The summed E-state index contributed by atoms with van der Waals surface area (Å²) in [6.45, 7) is 4.06. The molecular weight excluding hydrogens is 142 g/mol. The van der Waals surface area contributed by atoms with Crippen LogP contribution in [-0.4, -0.2) is 17.5 Å². The summed E-state index contributed by atoms with van der Waals surface area (Å²) in [6, 6.07) is 0. The molecule has 0 aromatic heterocycles. The van der Waals surface area contributed by atoms with Gasteiger partial charge in [0.15, 0.2) is 0 Å². The van der Waals surface area contributed by atoms with Crippen molar-refractivity contribution in [3.8, 4) is 0 Å². The molecule has 0 spiro atoms. The van der Waals surface area contributed by atoms with E-state index in [-0.39, 0.29) is 12.3 Å². The fourth-order valence-electron chi connectivity index (χ4n) is 0.850. The van der Waals surface area contributed by atoms with Gasteiger partial charge in [0.25, 0.3) is 0 Å². The number of hydrogen-bond donors (Lipinski definition) is 4. The van der Waals surface area contributed by atoms with Crippen LogP contribution in [0.25, 0.3) is 0 Å². The van der Waals surface area contributed by atoms with Gasteiger partial charge in [-0.25, -0.2) is 0 Å². The van der Waals surface area contributed by atoms with Gasteiger partial charge in [0.1, 0.15) is 0 Å². The average Bonchev–Trinajstić information content (AvgIpc) is 2.03. The van der Waals surface area contributed by atoms with E-state index in [0.29, 0.717) is 0 Å². The van der Waals surface area contributed by atoms with Gasteiger partial charge in [-0.3, -0.25) is 5.32 Å². The normalized spacial score (nSPS) is 16.4. The van der Waals surface area contributed by atoms with E-state index in [4.69, 9.17) is 10.9 Å². The number of nitrogens with two attached hydrogens (primary N) is 1. The highest BCUT2D eigenvalue weighted by Crippen LogP contribution is 1.93. The Labute approximate surface area is 68.1 Å². The minimum atomic E-state index is -0.0741. The quantitative estimate of drug-likeness (QED) is 0.336. The van der Waals surface area contributed by atoms with Crippen molar-refractivity contribution in [2.45, 2.75) is 45.4 Å². The predicted molar refractivity (Wildman–Crippen MR) is 45.0 cm³/mol. The highest BCUT2D eigenvalue weighted by atomic mass is 16.5. The van der Waals surface area contributed by atoms with Gasteiger partial charge < -0.3 is 10.9 Å². The van der Waals surface area contributed by atoms with E-state index in [0.717, 1.165) is 19.3 Å². The molecule has 0 aliphatic carbocycles. The molecule has 0 amide bonds. The number of hydrogen-bond acceptors (Lipinski definition) is 4. The summed E-state index contributed by atoms with van der Waals surface area (Å²) >= 11 is 0. The zero-order valence-electron chi connectivity index (χ0n) is 7.30. The molecule has 0 saturated carbocycles. The van der Waals surface area contributed by atoms with Crippen LogP contribution in [-0.2, 0) is 0 Å². The zero-order valence-corrected chi connectivity index (χ0v) is 7.30. The Bertz CT molecular complexity index is 89.8. The summed E-state index contributed by atoms with van der Waals surface area (Å²) in [5, 5.41) is 11.7. The van der Waals surface area contributed by atoms with Gasteiger partial charge in [-0.2, -0.15) is 5.48 Å². The molecule has 0 rings (SSSR count). The Morgan fingerprint density at radius 2 is 2.09 bits per heavy atom. The summed E-state index contributed by atoms with van der Waals surface area (Å²) < 4.78 is 0. The highest BCUT2D eigenvalue weighted by molar-refractivity contribution is 4.63. The first kappa shape index (κ1) is 10.8. The van der Waals surface area contributed by atoms with Gasteiger partial charge in [-0.1, -0.05) is 20.3 Å². The molecule has 0 radical (unpaired) electrons. The Kier molecular flexibility index (Phi) is 6.45. The smallest absolute Gasteiger partial charge is 0.0821 e. The van der Waals surface area contributed by atoms with Crippen molar-refractivity contribution < 1.29 is 5.21 Å². The topological polar surface area (TPSA) is 70.3 Å². The lowest BCUT2D eigenvalue weighted by molar-refractivity contribution is 0.0980. The van der Waals surface area contributed by atoms with Gasteiger partial charge in [-0.05, 0) is 12.8 Å². The standard InChI is InChI=1S/C7H19N3O/c1-3-5-7(10-11)9-6(8)4-2/h6-7,9-11H,3-5,8H2,1-2H3. The van der Waals surface area contributed by atoms with Crippen LogP contribution in [0.4, 0.5) is 0 Å². The van der Waals surface area contributed by atoms with Crippen LogP contribution in [0.3, 0.4) is 0 Å². The van der Waals surface area contributed by atoms with Crippen LogP contribution >= 0.6 is 0 Å². The van der Waals surface area contributed by atoms with E-state index in [2.05, 4.69) is 17.7 Å². The molecule has 0 heterocycles. The summed E-state index contributed by atoms with van der Waals surface area (Å²) in [7, 11) is 0. The number of hydroxylamine groups is 1. The molecule has 4 nitrogen and oxygen atoms in total. The zero-order chi connectivity index (χ0) is 8.69. The maximum atomic E-state index is 8.63. The lowest BCUT2D eigenvalue weighted by Crippen LogP contribution is -2.49. The lowest BCUT2D eigenvalue weighted by Gasteiger charge is -2.20. The molecule has 68 valence electrons. The second-order valence-corrected chi connectivity index (χ2v) is 2.65. The summed E-state index contributed by atoms with van der Waals surface area (Å²) in [5.41, 5.74) is 7.79. The van der Waals surface area contributed by atoms with Crippen LogP contribution in [0.5, 0.6) is 0 Å². The van der Waals surface area contributed by atoms with Crippen molar-refractivity contribution in [2.75, 3.05) is 0 Å². The monoisotopic (exact) mass is 161 g/mol. The third-order valence-electron chi connectivity index (χ3n) is 1.59. The SMILES string of the molecule is CCCC(NO)NC(N)CC. The number of nitrogens with one attached hydrogen (secondary N) is 2. The van der Waals surface area contributed by atoms with Crippen molar-refractivity contribution >= 4 is 0 Å². The van der Waals surface area contributed by atoms with E-state index in [1.165, 1.54) is 0 Å². The molecule has 5 N–H and O–H groups in total. The highest BCUT2D eigenvalue weighted by Gasteiger charge is 2.07. The summed E-state index contributed by atoms with van der Waals surface area (Å²) in [4.78, 5) is 0. The first-order valence-electron chi connectivity index (χ1n) is 4.15. The predicted octanol–water partition coefficient (Wildman–Crippen LogP) is 0.376. The minimum absolute atomic E-state index is 0.0359. The summed E-state index contributed by atoms with van der Waals surface area (Å²) in [6.07, 6.45) is 2.65. The van der Waals surface area contributed by atoms with E-state index in [1.807, 2.05) is 6.92 Å². The molecular formula is C7H19N3O. The molecule has 0 aliphatic rings. The van der Waals surface area contributed by atoms with Crippen LogP contribution in [0.2, 0.25) is 0 Å². The fraction of sp³-hybridized carbons (Fsp3) is 1.00. The molecule has 0 aliphatic heterocycles. The Morgan fingerprint density at radius 3 is 2.45 bits per heavy atom. The van der Waals surface area contributed by atoms with Crippen molar-refractivity contribution in [3.63, 3.8) is 0 Å². The van der Waals surface area contributed by atoms with E-state index in [9.17, 15) is 0 Å². The van der Waals surface area contributed by atoms with Gasteiger partial charge in [0.2, 0.25) is 0 Å². The first-order chi connectivity index (χ1) is 5.24. The second-order valence-electron chi connectivity index (χ2n) is 2.65. The summed E-state index contributed by atoms with van der Waals surface area (Å²) in [5.74, 6) is 0. The van der Waals surface area contributed by atoms with Crippen molar-refractivity contribution in [3.05, 3.63) is 0 Å².